The minimum atomic E-state index is 0.228. The van der Waals surface area contributed by atoms with Crippen molar-refractivity contribution in [2.24, 2.45) is 0 Å². The molecule has 6 heteroatoms. The summed E-state index contributed by atoms with van der Waals surface area (Å²) in [4.78, 5) is 8.71. The zero-order valence-corrected chi connectivity index (χ0v) is 11.4. The standard InChI is InChI=1S/C11H16BrN3O2/c1-16-6-8-10(12)11(13)15-9(14-8)5-7-3-2-4-17-7/h7H,2-6H2,1H3,(H2,13,14,15). The predicted octanol–water partition coefficient (Wildman–Crippen LogP) is 1.69. The predicted molar refractivity (Wildman–Crippen MR) is 67.5 cm³/mol. The van der Waals surface area contributed by atoms with Gasteiger partial charge in [0.1, 0.15) is 11.6 Å². The number of hydrogen-bond acceptors (Lipinski definition) is 5. The average Bonchev–Trinajstić information content (AvgIpc) is 2.78. The Kier molecular flexibility index (Phi) is 4.31. The molecule has 0 amide bonds. The third-order valence-corrected chi connectivity index (χ3v) is 3.57. The Balaban J connectivity index is 2.16. The highest BCUT2D eigenvalue weighted by Gasteiger charge is 2.19. The van der Waals surface area contributed by atoms with Gasteiger partial charge in [-0.2, -0.15) is 0 Å². The molecule has 94 valence electrons. The van der Waals surface area contributed by atoms with Gasteiger partial charge in [0.15, 0.2) is 0 Å². The fraction of sp³-hybridized carbons (Fsp3) is 0.636. The van der Waals surface area contributed by atoms with Gasteiger partial charge in [-0.3, -0.25) is 0 Å². The summed E-state index contributed by atoms with van der Waals surface area (Å²) >= 11 is 3.37. The number of anilines is 1. The lowest BCUT2D eigenvalue weighted by Crippen LogP contribution is -2.14. The van der Waals surface area contributed by atoms with E-state index in [4.69, 9.17) is 15.2 Å². The summed E-state index contributed by atoms with van der Waals surface area (Å²) < 4.78 is 11.4. The number of nitrogens with two attached hydrogens (primary N) is 1. The molecular weight excluding hydrogens is 286 g/mol. The third kappa shape index (κ3) is 3.14. The summed E-state index contributed by atoms with van der Waals surface area (Å²) in [7, 11) is 1.63. The molecule has 0 aliphatic carbocycles. The summed E-state index contributed by atoms with van der Waals surface area (Å²) in [6, 6.07) is 0. The van der Waals surface area contributed by atoms with Crippen LogP contribution < -0.4 is 5.73 Å². The normalized spacial score (nSPS) is 19.8. The van der Waals surface area contributed by atoms with E-state index in [1.54, 1.807) is 7.11 Å². The molecule has 1 saturated heterocycles. The Bertz CT molecular complexity index is 395. The van der Waals surface area contributed by atoms with Crippen molar-refractivity contribution in [3.63, 3.8) is 0 Å². The van der Waals surface area contributed by atoms with Gasteiger partial charge in [-0.1, -0.05) is 0 Å². The van der Waals surface area contributed by atoms with Crippen LogP contribution in [0.5, 0.6) is 0 Å². The molecular formula is C11H16BrN3O2. The average molecular weight is 302 g/mol. The second-order valence-corrected chi connectivity index (χ2v) is 4.85. The Morgan fingerprint density at radius 1 is 1.53 bits per heavy atom. The zero-order chi connectivity index (χ0) is 12.3. The lowest BCUT2D eigenvalue weighted by Gasteiger charge is -2.11. The first-order valence-corrected chi connectivity index (χ1v) is 6.41. The lowest BCUT2D eigenvalue weighted by molar-refractivity contribution is 0.109. The molecule has 1 aromatic rings. The van der Waals surface area contributed by atoms with Crippen molar-refractivity contribution in [3.05, 3.63) is 16.0 Å². The minimum Gasteiger partial charge on any atom is -0.383 e. The van der Waals surface area contributed by atoms with E-state index in [9.17, 15) is 0 Å². The number of methoxy groups -OCH3 is 1. The van der Waals surface area contributed by atoms with Crippen LogP contribution in [-0.2, 0) is 22.5 Å². The highest BCUT2D eigenvalue weighted by molar-refractivity contribution is 9.10. The van der Waals surface area contributed by atoms with Crippen molar-refractivity contribution >= 4 is 21.7 Å². The van der Waals surface area contributed by atoms with Gasteiger partial charge in [-0.25, -0.2) is 9.97 Å². The van der Waals surface area contributed by atoms with Gasteiger partial charge in [-0.15, -0.1) is 0 Å². The van der Waals surface area contributed by atoms with Crippen LogP contribution in [0.1, 0.15) is 24.4 Å². The molecule has 17 heavy (non-hydrogen) atoms. The molecule has 1 unspecified atom stereocenters. The molecule has 2 N–H and O–H groups in total. The van der Waals surface area contributed by atoms with Crippen LogP contribution in [0.25, 0.3) is 0 Å². The molecule has 0 aromatic carbocycles. The van der Waals surface area contributed by atoms with E-state index in [2.05, 4.69) is 25.9 Å². The van der Waals surface area contributed by atoms with Gasteiger partial charge in [0.25, 0.3) is 0 Å². The monoisotopic (exact) mass is 301 g/mol. The maximum Gasteiger partial charge on any atom is 0.141 e. The number of aromatic nitrogens is 2. The minimum absolute atomic E-state index is 0.228. The van der Waals surface area contributed by atoms with E-state index in [0.29, 0.717) is 18.8 Å². The molecule has 1 fully saturated rings. The van der Waals surface area contributed by atoms with Crippen LogP contribution in [0.15, 0.2) is 4.47 Å². The molecule has 2 heterocycles. The third-order valence-electron chi connectivity index (χ3n) is 2.71. The quantitative estimate of drug-likeness (QED) is 0.916. The van der Waals surface area contributed by atoms with Crippen molar-refractivity contribution in [3.8, 4) is 0 Å². The van der Waals surface area contributed by atoms with Gasteiger partial charge >= 0.3 is 0 Å². The van der Waals surface area contributed by atoms with Crippen molar-refractivity contribution in [2.75, 3.05) is 19.5 Å². The second kappa shape index (κ2) is 5.75. The van der Waals surface area contributed by atoms with Crippen LogP contribution in [0.4, 0.5) is 5.82 Å². The van der Waals surface area contributed by atoms with E-state index in [1.165, 1.54) is 0 Å². The number of nitrogens with zero attached hydrogens (tertiary/aromatic N) is 2. The Morgan fingerprint density at radius 2 is 2.35 bits per heavy atom. The molecule has 1 atom stereocenters. The summed E-state index contributed by atoms with van der Waals surface area (Å²) in [5.41, 5.74) is 6.62. The number of ether oxygens (including phenoxy) is 2. The summed E-state index contributed by atoms with van der Waals surface area (Å²) in [5, 5.41) is 0. The maximum absolute atomic E-state index is 5.83. The fourth-order valence-corrected chi connectivity index (χ4v) is 2.19. The molecule has 1 aliphatic rings. The molecule has 0 saturated carbocycles. The highest BCUT2D eigenvalue weighted by Crippen LogP contribution is 2.23. The van der Waals surface area contributed by atoms with Crippen LogP contribution in [0.2, 0.25) is 0 Å². The molecule has 2 rings (SSSR count). The van der Waals surface area contributed by atoms with E-state index < -0.39 is 0 Å². The smallest absolute Gasteiger partial charge is 0.141 e. The van der Waals surface area contributed by atoms with E-state index in [1.807, 2.05) is 0 Å². The number of hydrogen-bond donors (Lipinski definition) is 1. The first-order chi connectivity index (χ1) is 8.20. The first kappa shape index (κ1) is 12.7. The maximum atomic E-state index is 5.83. The van der Waals surface area contributed by atoms with Crippen LogP contribution >= 0.6 is 15.9 Å². The van der Waals surface area contributed by atoms with Gasteiger partial charge in [0, 0.05) is 20.1 Å². The lowest BCUT2D eigenvalue weighted by atomic mass is 10.2. The van der Waals surface area contributed by atoms with E-state index in [0.717, 1.165) is 35.4 Å². The Labute approximate surface area is 109 Å². The Morgan fingerprint density at radius 3 is 3.00 bits per heavy atom. The van der Waals surface area contributed by atoms with Crippen LogP contribution in [0, 0.1) is 0 Å². The number of rotatable bonds is 4. The molecule has 1 aromatic heterocycles. The topological polar surface area (TPSA) is 70.3 Å². The van der Waals surface area contributed by atoms with E-state index in [-0.39, 0.29) is 6.10 Å². The highest BCUT2D eigenvalue weighted by atomic mass is 79.9. The van der Waals surface area contributed by atoms with Gasteiger partial charge in [-0.05, 0) is 28.8 Å². The second-order valence-electron chi connectivity index (χ2n) is 4.06. The van der Waals surface area contributed by atoms with Crippen molar-refractivity contribution in [1.29, 1.82) is 0 Å². The SMILES string of the molecule is COCc1nc(CC2CCCO2)nc(N)c1Br. The largest absolute Gasteiger partial charge is 0.383 e. The van der Waals surface area contributed by atoms with Gasteiger partial charge in [0.05, 0.1) is 22.9 Å². The number of nitrogen functional groups attached to an aromatic ring is 1. The number of halogens is 1. The zero-order valence-electron chi connectivity index (χ0n) is 9.78. The summed E-state index contributed by atoms with van der Waals surface area (Å²) in [6.07, 6.45) is 3.13. The molecule has 1 aliphatic heterocycles. The molecule has 0 radical (unpaired) electrons. The summed E-state index contributed by atoms with van der Waals surface area (Å²) in [6.45, 7) is 1.26. The van der Waals surface area contributed by atoms with E-state index >= 15 is 0 Å². The van der Waals surface area contributed by atoms with Gasteiger partial charge < -0.3 is 15.2 Å². The molecule has 5 nitrogen and oxygen atoms in total. The van der Waals surface area contributed by atoms with Crippen LogP contribution in [0.3, 0.4) is 0 Å². The molecule has 0 spiro atoms. The van der Waals surface area contributed by atoms with Crippen molar-refractivity contribution in [1.82, 2.24) is 9.97 Å². The summed E-state index contributed by atoms with van der Waals surface area (Å²) in [5.74, 6) is 1.18. The Hall–Kier alpha value is -0.720. The first-order valence-electron chi connectivity index (χ1n) is 5.62. The van der Waals surface area contributed by atoms with Crippen molar-refractivity contribution in [2.45, 2.75) is 32.0 Å². The fourth-order valence-electron chi connectivity index (χ4n) is 1.90. The van der Waals surface area contributed by atoms with Crippen molar-refractivity contribution < 1.29 is 9.47 Å². The van der Waals surface area contributed by atoms with Gasteiger partial charge in [0.2, 0.25) is 0 Å². The molecule has 0 bridgehead atoms. The van der Waals surface area contributed by atoms with Crippen LogP contribution in [-0.4, -0.2) is 29.8 Å².